The van der Waals surface area contributed by atoms with Crippen LogP contribution >= 0.6 is 11.3 Å². The third-order valence-corrected chi connectivity index (χ3v) is 4.29. The van der Waals surface area contributed by atoms with Gasteiger partial charge in [-0.3, -0.25) is 0 Å². The zero-order valence-electron chi connectivity index (χ0n) is 11.9. The fourth-order valence-corrected chi connectivity index (χ4v) is 3.02. The molecule has 0 fully saturated rings. The van der Waals surface area contributed by atoms with Crippen LogP contribution in [0.25, 0.3) is 10.2 Å². The standard InChI is InChI=1S/C17H15NO2S/c1-11-7-8-12(2)13(9-11)17(19)20-10-16-18-14-5-3-4-6-15(14)21-16/h3-9H,10H2,1-2H3. The molecule has 1 heterocycles. The normalized spacial score (nSPS) is 10.8. The number of ether oxygens (including phenoxy) is 1. The van der Waals surface area contributed by atoms with E-state index in [1.807, 2.05) is 56.3 Å². The van der Waals surface area contributed by atoms with Gasteiger partial charge in [0.05, 0.1) is 15.8 Å². The summed E-state index contributed by atoms with van der Waals surface area (Å²) >= 11 is 1.55. The Morgan fingerprint density at radius 3 is 2.81 bits per heavy atom. The fraction of sp³-hybridized carbons (Fsp3) is 0.176. The van der Waals surface area contributed by atoms with Crippen LogP contribution in [0.3, 0.4) is 0 Å². The first kappa shape index (κ1) is 13.8. The molecule has 0 amide bonds. The molecule has 1 aromatic heterocycles. The summed E-state index contributed by atoms with van der Waals surface area (Å²) in [7, 11) is 0. The van der Waals surface area contributed by atoms with Gasteiger partial charge < -0.3 is 4.74 Å². The molecule has 21 heavy (non-hydrogen) atoms. The molecule has 3 aromatic rings. The van der Waals surface area contributed by atoms with Crippen molar-refractivity contribution in [2.45, 2.75) is 20.5 Å². The quantitative estimate of drug-likeness (QED) is 0.678. The van der Waals surface area contributed by atoms with Gasteiger partial charge in [0.1, 0.15) is 11.6 Å². The van der Waals surface area contributed by atoms with Gasteiger partial charge in [-0.15, -0.1) is 11.3 Å². The van der Waals surface area contributed by atoms with Gasteiger partial charge in [-0.2, -0.15) is 0 Å². The van der Waals surface area contributed by atoms with Gasteiger partial charge in [0, 0.05) is 0 Å². The number of carbonyl (C=O) groups excluding carboxylic acids is 1. The largest absolute Gasteiger partial charge is 0.455 e. The highest BCUT2D eigenvalue weighted by molar-refractivity contribution is 7.18. The Balaban J connectivity index is 1.74. The SMILES string of the molecule is Cc1ccc(C)c(C(=O)OCc2nc3ccccc3s2)c1. The number of thiazole rings is 1. The fourth-order valence-electron chi connectivity index (χ4n) is 2.14. The van der Waals surface area contributed by atoms with Crippen LogP contribution in [0.4, 0.5) is 0 Å². The predicted molar refractivity (Wildman–Crippen MR) is 84.7 cm³/mol. The Morgan fingerprint density at radius 1 is 1.19 bits per heavy atom. The minimum Gasteiger partial charge on any atom is -0.455 e. The first-order valence-corrected chi connectivity index (χ1v) is 7.54. The lowest BCUT2D eigenvalue weighted by molar-refractivity contribution is 0.0471. The minimum absolute atomic E-state index is 0.214. The van der Waals surface area contributed by atoms with Crippen LogP contribution in [0.2, 0.25) is 0 Å². The third-order valence-electron chi connectivity index (χ3n) is 3.28. The number of aromatic nitrogens is 1. The van der Waals surface area contributed by atoms with Crippen molar-refractivity contribution in [2.24, 2.45) is 0 Å². The molecule has 0 N–H and O–H groups in total. The van der Waals surface area contributed by atoms with E-state index in [9.17, 15) is 4.79 Å². The number of para-hydroxylation sites is 1. The number of aryl methyl sites for hydroxylation is 2. The Hall–Kier alpha value is -2.20. The first-order valence-electron chi connectivity index (χ1n) is 6.72. The summed E-state index contributed by atoms with van der Waals surface area (Å²) in [6.45, 7) is 4.09. The molecule has 0 aliphatic rings. The number of rotatable bonds is 3. The molecule has 4 heteroatoms. The molecule has 3 nitrogen and oxygen atoms in total. The highest BCUT2D eigenvalue weighted by atomic mass is 32.1. The Labute approximate surface area is 127 Å². The minimum atomic E-state index is -0.296. The predicted octanol–water partition coefficient (Wildman–Crippen LogP) is 4.27. The van der Waals surface area contributed by atoms with E-state index >= 15 is 0 Å². The molecule has 0 unspecified atom stereocenters. The average molecular weight is 297 g/mol. The summed E-state index contributed by atoms with van der Waals surface area (Å²) in [5.74, 6) is -0.296. The van der Waals surface area contributed by atoms with E-state index in [0.29, 0.717) is 5.56 Å². The summed E-state index contributed by atoms with van der Waals surface area (Å²) in [6, 6.07) is 13.7. The number of carbonyl (C=O) groups is 1. The van der Waals surface area contributed by atoms with E-state index in [1.165, 1.54) is 0 Å². The van der Waals surface area contributed by atoms with Crippen molar-refractivity contribution in [1.82, 2.24) is 4.98 Å². The highest BCUT2D eigenvalue weighted by Crippen LogP contribution is 2.22. The summed E-state index contributed by atoms with van der Waals surface area (Å²) in [4.78, 5) is 16.6. The highest BCUT2D eigenvalue weighted by Gasteiger charge is 2.12. The molecule has 0 radical (unpaired) electrons. The summed E-state index contributed by atoms with van der Waals surface area (Å²) in [6.07, 6.45) is 0. The molecular weight excluding hydrogens is 282 g/mol. The van der Waals surface area contributed by atoms with Gasteiger partial charge in [0.25, 0.3) is 0 Å². The lowest BCUT2D eigenvalue weighted by Gasteiger charge is -2.06. The van der Waals surface area contributed by atoms with Crippen molar-refractivity contribution in [3.05, 3.63) is 64.2 Å². The maximum Gasteiger partial charge on any atom is 0.338 e. The van der Waals surface area contributed by atoms with E-state index in [2.05, 4.69) is 4.98 Å². The molecule has 0 spiro atoms. The number of fused-ring (bicyclic) bond motifs is 1. The molecule has 0 saturated heterocycles. The topological polar surface area (TPSA) is 39.2 Å². The van der Waals surface area contributed by atoms with Crippen LogP contribution in [-0.2, 0) is 11.3 Å². The molecule has 0 aliphatic carbocycles. The molecule has 2 aromatic carbocycles. The Morgan fingerprint density at radius 2 is 2.00 bits per heavy atom. The van der Waals surface area contributed by atoms with Gasteiger partial charge in [0.2, 0.25) is 0 Å². The summed E-state index contributed by atoms with van der Waals surface area (Å²) in [5, 5.41) is 0.815. The van der Waals surface area contributed by atoms with Crippen LogP contribution in [0, 0.1) is 13.8 Å². The summed E-state index contributed by atoms with van der Waals surface area (Å²) in [5.41, 5.74) is 3.54. The van der Waals surface area contributed by atoms with Crippen molar-refractivity contribution in [2.75, 3.05) is 0 Å². The number of hydrogen-bond donors (Lipinski definition) is 0. The summed E-state index contributed by atoms with van der Waals surface area (Å²) < 4.78 is 6.50. The van der Waals surface area contributed by atoms with Crippen LogP contribution < -0.4 is 0 Å². The van der Waals surface area contributed by atoms with Crippen molar-refractivity contribution < 1.29 is 9.53 Å². The van der Waals surface area contributed by atoms with Gasteiger partial charge in [-0.05, 0) is 37.6 Å². The van der Waals surface area contributed by atoms with Gasteiger partial charge in [-0.25, -0.2) is 9.78 Å². The average Bonchev–Trinajstić information content (AvgIpc) is 2.90. The number of nitrogens with zero attached hydrogens (tertiary/aromatic N) is 1. The molecular formula is C17H15NO2S. The number of hydrogen-bond acceptors (Lipinski definition) is 4. The van der Waals surface area contributed by atoms with E-state index in [1.54, 1.807) is 11.3 Å². The monoisotopic (exact) mass is 297 g/mol. The lowest BCUT2D eigenvalue weighted by atomic mass is 10.1. The van der Waals surface area contributed by atoms with E-state index in [4.69, 9.17) is 4.74 Å². The molecule has 3 rings (SSSR count). The Kier molecular flexibility index (Phi) is 3.71. The van der Waals surface area contributed by atoms with E-state index in [-0.39, 0.29) is 12.6 Å². The van der Waals surface area contributed by atoms with E-state index < -0.39 is 0 Å². The lowest BCUT2D eigenvalue weighted by Crippen LogP contribution is -2.07. The van der Waals surface area contributed by atoms with Crippen molar-refractivity contribution in [3.8, 4) is 0 Å². The molecule has 0 aliphatic heterocycles. The van der Waals surface area contributed by atoms with Gasteiger partial charge in [-0.1, -0.05) is 29.8 Å². The van der Waals surface area contributed by atoms with Crippen LogP contribution in [0.1, 0.15) is 26.5 Å². The van der Waals surface area contributed by atoms with Crippen molar-refractivity contribution in [3.63, 3.8) is 0 Å². The van der Waals surface area contributed by atoms with Crippen LogP contribution in [-0.4, -0.2) is 11.0 Å². The zero-order valence-corrected chi connectivity index (χ0v) is 12.7. The smallest absolute Gasteiger partial charge is 0.338 e. The second-order valence-electron chi connectivity index (χ2n) is 4.97. The molecule has 0 bridgehead atoms. The van der Waals surface area contributed by atoms with Crippen molar-refractivity contribution >= 4 is 27.5 Å². The third kappa shape index (κ3) is 2.95. The molecule has 106 valence electrons. The maximum absolute atomic E-state index is 12.2. The van der Waals surface area contributed by atoms with E-state index in [0.717, 1.165) is 26.4 Å². The zero-order chi connectivity index (χ0) is 14.8. The first-order chi connectivity index (χ1) is 10.1. The number of esters is 1. The van der Waals surface area contributed by atoms with Crippen LogP contribution in [0.15, 0.2) is 42.5 Å². The molecule has 0 atom stereocenters. The second-order valence-corrected chi connectivity index (χ2v) is 6.09. The second kappa shape index (κ2) is 5.66. The van der Waals surface area contributed by atoms with Gasteiger partial charge >= 0.3 is 5.97 Å². The number of benzene rings is 2. The maximum atomic E-state index is 12.2. The molecule has 0 saturated carbocycles. The Bertz CT molecular complexity index is 774. The van der Waals surface area contributed by atoms with Crippen molar-refractivity contribution in [1.29, 1.82) is 0 Å². The van der Waals surface area contributed by atoms with Crippen LogP contribution in [0.5, 0.6) is 0 Å². The van der Waals surface area contributed by atoms with Gasteiger partial charge in [0.15, 0.2) is 0 Å².